The number of carbonyl (C=O) groups is 2. The Kier molecular flexibility index (Phi) is 3.96. The van der Waals surface area contributed by atoms with E-state index in [2.05, 4.69) is 0 Å². The van der Waals surface area contributed by atoms with Crippen LogP contribution in [-0.2, 0) is 11.0 Å². The van der Waals surface area contributed by atoms with E-state index in [-0.39, 0.29) is 16.7 Å². The Labute approximate surface area is 138 Å². The second kappa shape index (κ2) is 5.85. The van der Waals surface area contributed by atoms with E-state index in [4.69, 9.17) is 4.84 Å². The van der Waals surface area contributed by atoms with Crippen LogP contribution in [-0.4, -0.2) is 21.9 Å². The number of hydrogen-bond acceptors (Lipinski definition) is 4. The molecule has 9 heteroatoms. The minimum Gasteiger partial charge on any atom is -0.328 e. The van der Waals surface area contributed by atoms with Crippen molar-refractivity contribution >= 4 is 11.8 Å². The number of benzene rings is 1. The number of amides is 2. The van der Waals surface area contributed by atoms with Crippen molar-refractivity contribution in [3.8, 4) is 0 Å². The van der Waals surface area contributed by atoms with Crippen molar-refractivity contribution in [2.75, 3.05) is 0 Å². The smallest absolute Gasteiger partial charge is 0.328 e. The number of hydroxylamine groups is 2. The summed E-state index contributed by atoms with van der Waals surface area (Å²) in [6, 6.07) is 6.68. The van der Waals surface area contributed by atoms with Gasteiger partial charge in [-0.1, -0.05) is 12.1 Å². The molecule has 3 rings (SSSR count). The highest BCUT2D eigenvalue weighted by molar-refractivity contribution is 6.20. The maximum absolute atomic E-state index is 12.8. The molecular formula is C16H11F3N2O4. The van der Waals surface area contributed by atoms with Gasteiger partial charge in [-0.3, -0.25) is 19.2 Å². The van der Waals surface area contributed by atoms with Gasteiger partial charge in [-0.15, -0.1) is 5.06 Å². The highest BCUT2D eigenvalue weighted by Gasteiger charge is 2.38. The largest absolute Gasteiger partial charge is 0.421 e. The van der Waals surface area contributed by atoms with Crippen molar-refractivity contribution < 1.29 is 27.6 Å². The molecule has 0 aliphatic carbocycles. The molecular weight excluding hydrogens is 341 g/mol. The fourth-order valence-corrected chi connectivity index (χ4v) is 2.43. The summed E-state index contributed by atoms with van der Waals surface area (Å²) in [5.74, 6) is -1.40. The standard InChI is InChI=1S/C16H11F3N2O4/c1-8(9-6-12(16(17,18)19)13(22)20-7-9)25-21-14(23)10-4-2-3-5-11(10)15(21)24/h2-8H,1H3,(H,20,22)/t8-/m1/s1. The molecule has 1 atom stereocenters. The number of H-pyrrole nitrogens is 1. The first kappa shape index (κ1) is 16.9. The molecule has 0 bridgehead atoms. The molecule has 2 aromatic rings. The van der Waals surface area contributed by atoms with E-state index in [1.54, 1.807) is 12.1 Å². The second-order valence-corrected chi connectivity index (χ2v) is 5.37. The normalized spacial score (nSPS) is 15.4. The maximum atomic E-state index is 12.8. The van der Waals surface area contributed by atoms with Crippen LogP contribution in [0.25, 0.3) is 0 Å². The van der Waals surface area contributed by atoms with E-state index in [1.807, 2.05) is 4.98 Å². The number of alkyl halides is 3. The molecule has 2 heterocycles. The Morgan fingerprint density at radius 2 is 1.64 bits per heavy atom. The molecule has 1 aromatic carbocycles. The lowest BCUT2D eigenvalue weighted by molar-refractivity contribution is -0.140. The van der Waals surface area contributed by atoms with Crippen LogP contribution in [0.3, 0.4) is 0 Å². The van der Waals surface area contributed by atoms with E-state index in [1.165, 1.54) is 19.1 Å². The quantitative estimate of drug-likeness (QED) is 0.862. The van der Waals surface area contributed by atoms with Gasteiger partial charge in [-0.2, -0.15) is 13.2 Å². The number of aromatic nitrogens is 1. The SMILES string of the molecule is C[C@@H](ON1C(=O)c2ccccc2C1=O)c1c[nH]c(=O)c(C(F)(F)F)c1. The highest BCUT2D eigenvalue weighted by Crippen LogP contribution is 2.30. The van der Waals surface area contributed by atoms with Gasteiger partial charge in [0.25, 0.3) is 17.4 Å². The van der Waals surface area contributed by atoms with Crippen LogP contribution in [0.5, 0.6) is 0 Å². The number of hydrogen-bond donors (Lipinski definition) is 1. The third kappa shape index (κ3) is 2.93. The average Bonchev–Trinajstić information content (AvgIpc) is 2.79. The van der Waals surface area contributed by atoms with Crippen molar-refractivity contribution in [3.63, 3.8) is 0 Å². The third-order valence-electron chi connectivity index (χ3n) is 3.72. The van der Waals surface area contributed by atoms with Gasteiger partial charge < -0.3 is 4.98 Å². The summed E-state index contributed by atoms with van der Waals surface area (Å²) >= 11 is 0. The Balaban J connectivity index is 1.87. The van der Waals surface area contributed by atoms with E-state index in [0.717, 1.165) is 6.20 Å². The molecule has 6 nitrogen and oxygen atoms in total. The van der Waals surface area contributed by atoms with Gasteiger partial charge >= 0.3 is 6.18 Å². The van der Waals surface area contributed by atoms with Crippen LogP contribution in [0, 0.1) is 0 Å². The minimum atomic E-state index is -4.83. The summed E-state index contributed by atoms with van der Waals surface area (Å²) in [5, 5.41) is 0.508. The zero-order valence-corrected chi connectivity index (χ0v) is 12.8. The van der Waals surface area contributed by atoms with Crippen LogP contribution in [0.2, 0.25) is 0 Å². The zero-order chi connectivity index (χ0) is 18.4. The molecule has 0 spiro atoms. The van der Waals surface area contributed by atoms with Gasteiger partial charge in [0.2, 0.25) is 0 Å². The third-order valence-corrected chi connectivity index (χ3v) is 3.72. The van der Waals surface area contributed by atoms with Crippen LogP contribution in [0.1, 0.15) is 44.9 Å². The molecule has 0 saturated heterocycles. The number of pyridine rings is 1. The van der Waals surface area contributed by atoms with Crippen molar-refractivity contribution in [3.05, 3.63) is 69.1 Å². The Morgan fingerprint density at radius 3 is 2.16 bits per heavy atom. The molecule has 0 unspecified atom stereocenters. The predicted molar refractivity (Wildman–Crippen MR) is 78.5 cm³/mol. The minimum absolute atomic E-state index is 0.0384. The molecule has 1 aliphatic rings. The second-order valence-electron chi connectivity index (χ2n) is 5.37. The Morgan fingerprint density at radius 1 is 1.08 bits per heavy atom. The summed E-state index contributed by atoms with van der Waals surface area (Å²) < 4.78 is 38.5. The summed E-state index contributed by atoms with van der Waals surface area (Å²) in [4.78, 5) is 42.9. The van der Waals surface area contributed by atoms with Crippen molar-refractivity contribution in [2.24, 2.45) is 0 Å². The molecule has 0 fully saturated rings. The number of fused-ring (bicyclic) bond motifs is 1. The van der Waals surface area contributed by atoms with Gasteiger partial charge in [0.1, 0.15) is 11.7 Å². The number of imide groups is 1. The monoisotopic (exact) mass is 352 g/mol. The zero-order valence-electron chi connectivity index (χ0n) is 12.8. The van der Waals surface area contributed by atoms with Crippen LogP contribution in [0.4, 0.5) is 13.2 Å². The number of nitrogens with zero attached hydrogens (tertiary/aromatic N) is 1. The molecule has 0 saturated carbocycles. The van der Waals surface area contributed by atoms with E-state index in [0.29, 0.717) is 11.1 Å². The lowest BCUT2D eigenvalue weighted by atomic mass is 10.1. The fraction of sp³-hybridized carbons (Fsp3) is 0.188. The number of aromatic amines is 1. The first-order valence-corrected chi connectivity index (χ1v) is 7.14. The first-order chi connectivity index (χ1) is 11.7. The Hall–Kier alpha value is -2.94. The summed E-state index contributed by atoms with van der Waals surface area (Å²) in [5.41, 5.74) is -2.41. The van der Waals surface area contributed by atoms with Crippen LogP contribution < -0.4 is 5.56 Å². The number of carbonyl (C=O) groups excluding carboxylic acids is 2. The van der Waals surface area contributed by atoms with Gasteiger partial charge in [0, 0.05) is 11.8 Å². The van der Waals surface area contributed by atoms with E-state index >= 15 is 0 Å². The Bertz CT molecular complexity index is 885. The molecule has 1 aliphatic heterocycles. The number of halogens is 3. The number of nitrogens with one attached hydrogen (secondary N) is 1. The number of rotatable bonds is 3. The molecule has 1 N–H and O–H groups in total. The summed E-state index contributed by atoms with van der Waals surface area (Å²) in [7, 11) is 0. The average molecular weight is 352 g/mol. The fourth-order valence-electron chi connectivity index (χ4n) is 2.43. The van der Waals surface area contributed by atoms with Crippen molar-refractivity contribution in [1.82, 2.24) is 10.0 Å². The van der Waals surface area contributed by atoms with Crippen LogP contribution in [0.15, 0.2) is 41.3 Å². The molecule has 0 radical (unpaired) electrons. The summed E-state index contributed by atoms with van der Waals surface area (Å²) in [6.07, 6.45) is -4.88. The lowest BCUT2D eigenvalue weighted by Gasteiger charge is -2.20. The topological polar surface area (TPSA) is 79.5 Å². The molecule has 130 valence electrons. The van der Waals surface area contributed by atoms with Gasteiger partial charge in [0.15, 0.2) is 0 Å². The van der Waals surface area contributed by atoms with Gasteiger partial charge in [-0.25, -0.2) is 0 Å². The molecule has 1 aromatic heterocycles. The van der Waals surface area contributed by atoms with E-state index < -0.39 is 35.2 Å². The molecule has 25 heavy (non-hydrogen) atoms. The van der Waals surface area contributed by atoms with Gasteiger partial charge in [0.05, 0.1) is 11.1 Å². The highest BCUT2D eigenvalue weighted by atomic mass is 19.4. The van der Waals surface area contributed by atoms with Gasteiger partial charge in [-0.05, 0) is 25.1 Å². The van der Waals surface area contributed by atoms with Crippen LogP contribution >= 0.6 is 0 Å². The maximum Gasteiger partial charge on any atom is 0.421 e. The predicted octanol–water partition coefficient (Wildman–Crippen LogP) is 2.68. The van der Waals surface area contributed by atoms with Crippen molar-refractivity contribution in [1.29, 1.82) is 0 Å². The van der Waals surface area contributed by atoms with E-state index in [9.17, 15) is 27.6 Å². The first-order valence-electron chi connectivity index (χ1n) is 7.14. The summed E-state index contributed by atoms with van der Waals surface area (Å²) in [6.45, 7) is 1.36. The lowest BCUT2D eigenvalue weighted by Crippen LogP contribution is -2.31. The van der Waals surface area contributed by atoms with Crippen molar-refractivity contribution in [2.45, 2.75) is 19.2 Å². The molecule has 2 amide bonds.